The monoisotopic (exact) mass is 269 g/mol. The quantitative estimate of drug-likeness (QED) is 0.859. The molecule has 0 aliphatic heterocycles. The Balaban J connectivity index is 2.59. The van der Waals surface area contributed by atoms with Crippen LogP contribution in [0.4, 0.5) is 5.69 Å². The van der Waals surface area contributed by atoms with E-state index in [1.807, 2.05) is 19.1 Å². The number of hydrogen-bond donors (Lipinski definition) is 1. The van der Waals surface area contributed by atoms with Crippen molar-refractivity contribution in [2.45, 2.75) is 26.7 Å². The largest absolute Gasteiger partial charge is 0.325 e. The third kappa shape index (κ3) is 4.87. The number of aryl methyl sites for hydroxylation is 1. The van der Waals surface area contributed by atoms with Gasteiger partial charge in [0.2, 0.25) is 5.91 Å². The van der Waals surface area contributed by atoms with Gasteiger partial charge in [0.05, 0.1) is 5.75 Å². The fourth-order valence-electron chi connectivity index (χ4n) is 1.60. The van der Waals surface area contributed by atoms with Crippen LogP contribution >= 0.6 is 0 Å². The van der Waals surface area contributed by atoms with E-state index >= 15 is 0 Å². The summed E-state index contributed by atoms with van der Waals surface area (Å²) in [6.45, 7) is 3.82. The van der Waals surface area contributed by atoms with Crippen LogP contribution in [0.2, 0.25) is 0 Å². The lowest BCUT2D eigenvalue weighted by Crippen LogP contribution is -2.24. The second-order valence-corrected chi connectivity index (χ2v) is 6.37. The lowest BCUT2D eigenvalue weighted by Gasteiger charge is -2.06. The summed E-state index contributed by atoms with van der Waals surface area (Å²) in [6, 6.07) is 7.39. The van der Waals surface area contributed by atoms with Crippen molar-refractivity contribution < 1.29 is 13.2 Å². The summed E-state index contributed by atoms with van der Waals surface area (Å²) >= 11 is 0. The Labute approximate surface area is 108 Å². The first-order valence-corrected chi connectivity index (χ1v) is 7.88. The topological polar surface area (TPSA) is 63.2 Å². The van der Waals surface area contributed by atoms with Gasteiger partial charge in [-0.25, -0.2) is 8.42 Å². The highest BCUT2D eigenvalue weighted by atomic mass is 32.2. The van der Waals surface area contributed by atoms with Crippen molar-refractivity contribution in [3.63, 3.8) is 0 Å². The number of anilines is 1. The predicted molar refractivity (Wildman–Crippen MR) is 73.4 cm³/mol. The Bertz CT molecular complexity index is 491. The van der Waals surface area contributed by atoms with E-state index < -0.39 is 21.5 Å². The zero-order chi connectivity index (χ0) is 13.6. The van der Waals surface area contributed by atoms with Gasteiger partial charge in [0.15, 0.2) is 9.84 Å². The summed E-state index contributed by atoms with van der Waals surface area (Å²) in [6.07, 6.45) is 1.46. The summed E-state index contributed by atoms with van der Waals surface area (Å²) in [5.74, 6) is -0.876. The van der Waals surface area contributed by atoms with Gasteiger partial charge in [-0.05, 0) is 30.5 Å². The number of rotatable bonds is 6. The maximum absolute atomic E-state index is 11.6. The Morgan fingerprint density at radius 1 is 1.17 bits per heavy atom. The van der Waals surface area contributed by atoms with E-state index in [4.69, 9.17) is 0 Å². The van der Waals surface area contributed by atoms with Gasteiger partial charge in [-0.3, -0.25) is 4.79 Å². The molecule has 1 N–H and O–H groups in total. The van der Waals surface area contributed by atoms with E-state index in [0.717, 1.165) is 6.42 Å². The average molecular weight is 269 g/mol. The van der Waals surface area contributed by atoms with Crippen molar-refractivity contribution in [2.24, 2.45) is 0 Å². The van der Waals surface area contributed by atoms with Crippen LogP contribution in [-0.2, 0) is 21.1 Å². The van der Waals surface area contributed by atoms with Gasteiger partial charge in [-0.15, -0.1) is 0 Å². The van der Waals surface area contributed by atoms with Crippen LogP contribution in [-0.4, -0.2) is 25.8 Å². The molecule has 0 atom stereocenters. The lowest BCUT2D eigenvalue weighted by atomic mass is 10.1. The van der Waals surface area contributed by atoms with Gasteiger partial charge >= 0.3 is 0 Å². The molecule has 1 aromatic rings. The molecule has 0 unspecified atom stereocenters. The summed E-state index contributed by atoms with van der Waals surface area (Å²) < 4.78 is 22.9. The standard InChI is InChI=1S/C13H19NO3S/c1-3-9-18(16,17)10-13(15)14-12-7-5-11(4-2)6-8-12/h5-8H,3-4,9-10H2,1-2H3,(H,14,15). The van der Waals surface area contributed by atoms with Crippen LogP contribution in [0.5, 0.6) is 0 Å². The molecule has 0 bridgehead atoms. The first-order valence-electron chi connectivity index (χ1n) is 6.06. The first kappa shape index (κ1) is 14.7. The fraction of sp³-hybridized carbons (Fsp3) is 0.462. The van der Waals surface area contributed by atoms with Crippen LogP contribution in [0.25, 0.3) is 0 Å². The van der Waals surface area contributed by atoms with E-state index in [1.54, 1.807) is 19.1 Å². The minimum absolute atomic E-state index is 0.0508. The predicted octanol–water partition coefficient (Wildman–Crippen LogP) is 2.01. The average Bonchev–Trinajstić information content (AvgIpc) is 2.28. The zero-order valence-corrected chi connectivity index (χ0v) is 11.6. The number of carbonyl (C=O) groups is 1. The van der Waals surface area contributed by atoms with Gasteiger partial charge in [-0.1, -0.05) is 26.0 Å². The number of hydrogen-bond acceptors (Lipinski definition) is 3. The summed E-state index contributed by atoms with van der Waals surface area (Å²) in [4.78, 5) is 11.6. The van der Waals surface area contributed by atoms with E-state index in [9.17, 15) is 13.2 Å². The zero-order valence-electron chi connectivity index (χ0n) is 10.8. The van der Waals surface area contributed by atoms with Gasteiger partial charge in [-0.2, -0.15) is 0 Å². The number of amides is 1. The Kier molecular flexibility index (Phi) is 5.34. The van der Waals surface area contributed by atoms with Gasteiger partial charge in [0.25, 0.3) is 0 Å². The SMILES string of the molecule is CCCS(=O)(=O)CC(=O)Nc1ccc(CC)cc1. The molecule has 1 aromatic carbocycles. The molecule has 0 aromatic heterocycles. The summed E-state index contributed by atoms with van der Waals surface area (Å²) in [5.41, 5.74) is 1.80. The molecule has 0 saturated heterocycles. The molecule has 0 radical (unpaired) electrons. The smallest absolute Gasteiger partial charge is 0.239 e. The van der Waals surface area contributed by atoms with Crippen LogP contribution in [0.15, 0.2) is 24.3 Å². The Morgan fingerprint density at radius 2 is 1.78 bits per heavy atom. The van der Waals surface area contributed by atoms with Crippen molar-refractivity contribution in [1.29, 1.82) is 0 Å². The van der Waals surface area contributed by atoms with Crippen molar-refractivity contribution >= 4 is 21.4 Å². The van der Waals surface area contributed by atoms with Crippen LogP contribution in [0.3, 0.4) is 0 Å². The highest BCUT2D eigenvalue weighted by Gasteiger charge is 2.15. The molecule has 5 heteroatoms. The number of carbonyl (C=O) groups excluding carboxylic acids is 1. The maximum Gasteiger partial charge on any atom is 0.239 e. The van der Waals surface area contributed by atoms with Crippen LogP contribution < -0.4 is 5.32 Å². The number of nitrogens with one attached hydrogen (secondary N) is 1. The molecule has 0 aliphatic rings. The van der Waals surface area contributed by atoms with E-state index in [1.165, 1.54) is 5.56 Å². The van der Waals surface area contributed by atoms with Crippen molar-refractivity contribution in [1.82, 2.24) is 0 Å². The van der Waals surface area contributed by atoms with Gasteiger partial charge < -0.3 is 5.32 Å². The van der Waals surface area contributed by atoms with Gasteiger partial charge in [0.1, 0.15) is 5.75 Å². The van der Waals surface area contributed by atoms with E-state index in [2.05, 4.69) is 5.32 Å². The Morgan fingerprint density at radius 3 is 2.28 bits per heavy atom. The third-order valence-corrected chi connectivity index (χ3v) is 4.24. The molecule has 0 saturated carbocycles. The van der Waals surface area contributed by atoms with Gasteiger partial charge in [0, 0.05) is 5.69 Å². The molecule has 0 spiro atoms. The highest BCUT2D eigenvalue weighted by Crippen LogP contribution is 2.10. The molecule has 1 amide bonds. The third-order valence-electron chi connectivity index (χ3n) is 2.51. The second kappa shape index (κ2) is 6.54. The fourth-order valence-corrected chi connectivity index (χ4v) is 2.84. The first-order chi connectivity index (χ1) is 8.46. The lowest BCUT2D eigenvalue weighted by molar-refractivity contribution is -0.113. The van der Waals surface area contributed by atoms with Crippen LogP contribution in [0.1, 0.15) is 25.8 Å². The molecule has 1 rings (SSSR count). The summed E-state index contributed by atoms with van der Waals surface area (Å²) in [5, 5.41) is 2.59. The molecule has 18 heavy (non-hydrogen) atoms. The van der Waals surface area contributed by atoms with E-state index in [0.29, 0.717) is 12.1 Å². The minimum Gasteiger partial charge on any atom is -0.325 e. The van der Waals surface area contributed by atoms with Crippen molar-refractivity contribution in [3.05, 3.63) is 29.8 Å². The Hall–Kier alpha value is -1.36. The summed E-state index contributed by atoms with van der Waals surface area (Å²) in [7, 11) is -3.28. The molecule has 0 heterocycles. The van der Waals surface area contributed by atoms with Crippen molar-refractivity contribution in [2.75, 3.05) is 16.8 Å². The van der Waals surface area contributed by atoms with Crippen LogP contribution in [0, 0.1) is 0 Å². The molecule has 4 nitrogen and oxygen atoms in total. The minimum atomic E-state index is -3.28. The van der Waals surface area contributed by atoms with Crippen molar-refractivity contribution in [3.8, 4) is 0 Å². The van der Waals surface area contributed by atoms with E-state index in [-0.39, 0.29) is 5.75 Å². The molecule has 0 aliphatic carbocycles. The molecular formula is C13H19NO3S. The second-order valence-electron chi connectivity index (χ2n) is 4.19. The number of sulfone groups is 1. The molecular weight excluding hydrogens is 250 g/mol. The maximum atomic E-state index is 11.6. The highest BCUT2D eigenvalue weighted by molar-refractivity contribution is 7.92. The number of benzene rings is 1. The normalized spacial score (nSPS) is 11.2. The molecule has 0 fully saturated rings. The molecule has 100 valence electrons.